The van der Waals surface area contributed by atoms with Gasteiger partial charge in [0.05, 0.1) is 23.9 Å². The second-order valence-electron chi connectivity index (χ2n) is 8.58. The summed E-state index contributed by atoms with van der Waals surface area (Å²) < 4.78 is 0. The third-order valence-corrected chi connectivity index (χ3v) is 5.87. The fourth-order valence-electron chi connectivity index (χ4n) is 3.97. The number of carbonyl (C=O) groups excluding carboxylic acids is 3. The number of nitrogens with one attached hydrogen (secondary N) is 2. The molecule has 162 valence electrons. The van der Waals surface area contributed by atoms with Gasteiger partial charge in [0.1, 0.15) is 6.04 Å². The molecule has 2 aliphatic heterocycles. The van der Waals surface area contributed by atoms with Crippen LogP contribution < -0.4 is 10.6 Å². The number of urea groups is 1. The topological polar surface area (TPSA) is 81.8 Å². The van der Waals surface area contributed by atoms with Crippen LogP contribution in [0.2, 0.25) is 5.02 Å². The van der Waals surface area contributed by atoms with Gasteiger partial charge < -0.3 is 15.5 Å². The molecule has 7 nitrogen and oxygen atoms in total. The number of amides is 4. The summed E-state index contributed by atoms with van der Waals surface area (Å²) in [5, 5.41) is 6.30. The Balaban J connectivity index is 1.97. The molecule has 8 heteroatoms. The van der Waals surface area contributed by atoms with E-state index in [-0.39, 0.29) is 30.3 Å². The zero-order valence-corrected chi connectivity index (χ0v) is 18.8. The van der Waals surface area contributed by atoms with Gasteiger partial charge in [0.15, 0.2) is 0 Å². The molecule has 2 aliphatic rings. The summed E-state index contributed by atoms with van der Waals surface area (Å²) in [5.41, 5.74) is 1.73. The molecule has 0 bridgehead atoms. The molecular weight excluding hydrogens is 404 g/mol. The maximum Gasteiger partial charge on any atom is 0.322 e. The predicted octanol–water partition coefficient (Wildman–Crippen LogP) is 2.93. The Morgan fingerprint density at radius 2 is 1.90 bits per heavy atom. The number of nitrogens with zero attached hydrogens (tertiary/aromatic N) is 2. The largest absolute Gasteiger partial charge is 0.354 e. The highest BCUT2D eigenvalue weighted by Crippen LogP contribution is 2.39. The Morgan fingerprint density at radius 3 is 2.50 bits per heavy atom. The zero-order chi connectivity index (χ0) is 22.2. The van der Waals surface area contributed by atoms with Crippen molar-refractivity contribution in [2.24, 2.45) is 11.8 Å². The van der Waals surface area contributed by atoms with E-state index in [1.807, 2.05) is 33.8 Å². The molecule has 0 saturated carbocycles. The minimum absolute atomic E-state index is 0.0878. The molecule has 2 heterocycles. The van der Waals surface area contributed by atoms with E-state index < -0.39 is 12.1 Å². The monoisotopic (exact) mass is 432 g/mol. The van der Waals surface area contributed by atoms with Crippen molar-refractivity contribution < 1.29 is 14.4 Å². The highest BCUT2D eigenvalue weighted by Gasteiger charge is 2.47. The first kappa shape index (κ1) is 22.2. The fraction of sp³-hybridized carbons (Fsp3) is 0.500. The van der Waals surface area contributed by atoms with Gasteiger partial charge in [-0.2, -0.15) is 0 Å². The number of carbonyl (C=O) groups is 3. The number of likely N-dealkylation sites (N-methyl/N-ethyl adjacent to an activating group) is 1. The van der Waals surface area contributed by atoms with Crippen LogP contribution >= 0.6 is 11.6 Å². The van der Waals surface area contributed by atoms with E-state index in [1.165, 1.54) is 4.90 Å². The van der Waals surface area contributed by atoms with Crippen LogP contribution in [0.4, 0.5) is 4.79 Å². The Hall–Kier alpha value is -2.54. The number of rotatable bonds is 6. The first-order valence-corrected chi connectivity index (χ1v) is 10.6. The van der Waals surface area contributed by atoms with Crippen molar-refractivity contribution in [1.82, 2.24) is 20.4 Å². The van der Waals surface area contributed by atoms with Crippen LogP contribution in [0.1, 0.15) is 39.3 Å². The molecule has 0 aromatic heterocycles. The smallest absolute Gasteiger partial charge is 0.322 e. The zero-order valence-electron chi connectivity index (χ0n) is 18.0. The molecule has 1 aromatic rings. The van der Waals surface area contributed by atoms with Crippen LogP contribution in [0.15, 0.2) is 35.5 Å². The van der Waals surface area contributed by atoms with Gasteiger partial charge in [0, 0.05) is 18.6 Å². The lowest BCUT2D eigenvalue weighted by molar-refractivity contribution is -0.138. The first-order chi connectivity index (χ1) is 14.1. The Bertz CT molecular complexity index is 896. The molecule has 1 aromatic carbocycles. The Labute approximate surface area is 182 Å². The SMILES string of the molecule is CC(C)CNC(=O)[C@@H](C(C)C)N1CC2=C(C1=O)[C@@H](c1ccccc1Cl)NC(=O)N2C. The molecule has 0 radical (unpaired) electrons. The van der Waals surface area contributed by atoms with Crippen molar-refractivity contribution in [2.75, 3.05) is 20.1 Å². The summed E-state index contributed by atoms with van der Waals surface area (Å²) in [4.78, 5) is 42.1. The number of halogens is 1. The van der Waals surface area contributed by atoms with Crippen molar-refractivity contribution >= 4 is 29.4 Å². The number of benzene rings is 1. The van der Waals surface area contributed by atoms with E-state index in [9.17, 15) is 14.4 Å². The van der Waals surface area contributed by atoms with Crippen LogP contribution in [0.5, 0.6) is 0 Å². The molecule has 0 fully saturated rings. The quantitative estimate of drug-likeness (QED) is 0.725. The van der Waals surface area contributed by atoms with Crippen LogP contribution in [-0.2, 0) is 9.59 Å². The minimum atomic E-state index is -0.651. The van der Waals surface area contributed by atoms with Gasteiger partial charge in [-0.25, -0.2) is 4.79 Å². The second-order valence-corrected chi connectivity index (χ2v) is 8.99. The average molecular weight is 433 g/mol. The lowest BCUT2D eigenvalue weighted by Crippen LogP contribution is -2.52. The predicted molar refractivity (Wildman–Crippen MR) is 116 cm³/mol. The van der Waals surface area contributed by atoms with E-state index in [1.54, 1.807) is 30.1 Å². The lowest BCUT2D eigenvalue weighted by Gasteiger charge is -2.31. The van der Waals surface area contributed by atoms with E-state index in [0.29, 0.717) is 34.3 Å². The molecule has 3 rings (SSSR count). The van der Waals surface area contributed by atoms with Crippen LogP contribution in [0.25, 0.3) is 0 Å². The minimum Gasteiger partial charge on any atom is -0.354 e. The van der Waals surface area contributed by atoms with Gasteiger partial charge >= 0.3 is 6.03 Å². The number of hydrogen-bond acceptors (Lipinski definition) is 3. The molecule has 2 atom stereocenters. The first-order valence-electron chi connectivity index (χ1n) is 10.2. The Kier molecular flexibility index (Phi) is 6.41. The Morgan fingerprint density at radius 1 is 1.23 bits per heavy atom. The van der Waals surface area contributed by atoms with E-state index >= 15 is 0 Å². The van der Waals surface area contributed by atoms with Gasteiger partial charge in [-0.05, 0) is 23.5 Å². The summed E-state index contributed by atoms with van der Waals surface area (Å²) >= 11 is 6.37. The maximum absolute atomic E-state index is 13.5. The lowest BCUT2D eigenvalue weighted by atomic mass is 9.95. The van der Waals surface area contributed by atoms with Crippen LogP contribution in [0, 0.1) is 11.8 Å². The maximum atomic E-state index is 13.5. The highest BCUT2D eigenvalue weighted by atomic mass is 35.5. The van der Waals surface area contributed by atoms with Crippen LogP contribution in [0.3, 0.4) is 0 Å². The van der Waals surface area contributed by atoms with Gasteiger partial charge in [0.2, 0.25) is 5.91 Å². The van der Waals surface area contributed by atoms with E-state index in [4.69, 9.17) is 11.6 Å². The highest BCUT2D eigenvalue weighted by molar-refractivity contribution is 6.31. The molecule has 0 unspecified atom stereocenters. The van der Waals surface area contributed by atoms with Crippen LogP contribution in [-0.4, -0.2) is 53.8 Å². The van der Waals surface area contributed by atoms with Crippen molar-refractivity contribution in [3.05, 3.63) is 46.1 Å². The summed E-state index contributed by atoms with van der Waals surface area (Å²) in [6, 6.07) is 5.56. The third kappa shape index (κ3) is 4.03. The second kappa shape index (κ2) is 8.68. The molecule has 4 amide bonds. The molecule has 0 saturated heterocycles. The van der Waals surface area contributed by atoms with Crippen molar-refractivity contribution in [3.63, 3.8) is 0 Å². The third-order valence-electron chi connectivity index (χ3n) is 5.52. The standard InChI is InChI=1S/C22H29ClN4O3/c1-12(2)10-24-20(28)19(13(3)4)27-11-16-17(21(27)29)18(25-22(30)26(16)5)14-8-6-7-9-15(14)23/h6-9,12-13,18-19H,10-11H2,1-5H3,(H,24,28)(H,25,30)/t18-,19-/m1/s1. The van der Waals surface area contributed by atoms with Gasteiger partial charge in [-0.15, -0.1) is 0 Å². The number of hydrogen-bond donors (Lipinski definition) is 2. The van der Waals surface area contributed by atoms with Crippen molar-refractivity contribution in [3.8, 4) is 0 Å². The summed E-state index contributed by atoms with van der Waals surface area (Å²) in [7, 11) is 1.63. The summed E-state index contributed by atoms with van der Waals surface area (Å²) in [6.45, 7) is 8.63. The molecule has 0 spiro atoms. The summed E-state index contributed by atoms with van der Waals surface area (Å²) in [5.74, 6) is -0.210. The molecule has 0 aliphatic carbocycles. The van der Waals surface area contributed by atoms with Gasteiger partial charge in [-0.1, -0.05) is 57.5 Å². The van der Waals surface area contributed by atoms with Crippen molar-refractivity contribution in [2.45, 2.75) is 39.8 Å². The molecule has 30 heavy (non-hydrogen) atoms. The van der Waals surface area contributed by atoms with Crippen molar-refractivity contribution in [1.29, 1.82) is 0 Å². The summed E-state index contributed by atoms with van der Waals surface area (Å²) in [6.07, 6.45) is 0. The molecular formula is C22H29ClN4O3. The van der Waals surface area contributed by atoms with Gasteiger partial charge in [-0.3, -0.25) is 14.5 Å². The average Bonchev–Trinajstić information content (AvgIpc) is 3.01. The normalized spacial score (nSPS) is 20.1. The van der Waals surface area contributed by atoms with Gasteiger partial charge in [0.25, 0.3) is 5.91 Å². The van der Waals surface area contributed by atoms with E-state index in [0.717, 1.165) is 0 Å². The fourth-order valence-corrected chi connectivity index (χ4v) is 4.21. The molecule has 2 N–H and O–H groups in total. The van der Waals surface area contributed by atoms with E-state index in [2.05, 4.69) is 10.6 Å².